The molecular weight excluding hydrogens is 176 g/mol. The number of nitrogens with two attached hydrogens (primary N) is 1. The van der Waals surface area contributed by atoms with E-state index >= 15 is 0 Å². The monoisotopic (exact) mass is 194 g/mol. The van der Waals surface area contributed by atoms with E-state index in [0.717, 1.165) is 24.2 Å². The van der Waals surface area contributed by atoms with Crippen molar-refractivity contribution in [2.75, 3.05) is 17.7 Å². The lowest BCUT2D eigenvalue weighted by molar-refractivity contribution is 0.282. The Hall–Kier alpha value is -1.22. The summed E-state index contributed by atoms with van der Waals surface area (Å²) in [5.74, 6) is 0. The van der Waals surface area contributed by atoms with Crippen molar-refractivity contribution < 1.29 is 5.11 Å². The Bertz CT molecular complexity index is 258. The lowest BCUT2D eigenvalue weighted by Crippen LogP contribution is -2.15. The molecule has 0 saturated heterocycles. The first-order valence-electron chi connectivity index (χ1n) is 4.95. The molecule has 3 nitrogen and oxygen atoms in total. The summed E-state index contributed by atoms with van der Waals surface area (Å²) >= 11 is 0. The van der Waals surface area contributed by atoms with Crippen molar-refractivity contribution in [1.82, 2.24) is 0 Å². The van der Waals surface area contributed by atoms with Gasteiger partial charge in [0.1, 0.15) is 0 Å². The predicted molar refractivity (Wildman–Crippen MR) is 60.3 cm³/mol. The second kappa shape index (κ2) is 5.50. The summed E-state index contributed by atoms with van der Waals surface area (Å²) < 4.78 is 0. The predicted octanol–water partition coefficient (Wildman–Crippen LogP) is 1.84. The van der Waals surface area contributed by atoms with Crippen LogP contribution in [0.2, 0.25) is 0 Å². The number of aliphatic hydroxyl groups is 1. The van der Waals surface area contributed by atoms with Crippen LogP contribution in [0.25, 0.3) is 0 Å². The highest BCUT2D eigenvalue weighted by Gasteiger charge is 2.00. The molecule has 4 N–H and O–H groups in total. The molecule has 0 saturated carbocycles. The average molecular weight is 194 g/mol. The molecule has 0 aliphatic carbocycles. The minimum absolute atomic E-state index is 0.258. The molecule has 1 aromatic carbocycles. The van der Waals surface area contributed by atoms with Crippen LogP contribution in [-0.2, 0) is 0 Å². The fourth-order valence-corrected chi connectivity index (χ4v) is 1.33. The lowest BCUT2D eigenvalue weighted by Gasteiger charge is -2.14. The highest BCUT2D eigenvalue weighted by molar-refractivity contribution is 5.51. The van der Waals surface area contributed by atoms with E-state index in [1.807, 2.05) is 24.3 Å². The molecule has 1 aromatic rings. The first-order chi connectivity index (χ1) is 6.72. The molecule has 0 heterocycles. The van der Waals surface area contributed by atoms with Gasteiger partial charge in [0.05, 0.1) is 0 Å². The molecule has 0 spiro atoms. The van der Waals surface area contributed by atoms with Crippen molar-refractivity contribution in [2.24, 2.45) is 0 Å². The van der Waals surface area contributed by atoms with E-state index in [1.54, 1.807) is 0 Å². The molecule has 1 unspecified atom stereocenters. The second-order valence-electron chi connectivity index (χ2n) is 3.53. The minimum Gasteiger partial charge on any atom is -0.399 e. The number of rotatable bonds is 5. The van der Waals surface area contributed by atoms with Gasteiger partial charge in [0, 0.05) is 24.0 Å². The van der Waals surface area contributed by atoms with Gasteiger partial charge < -0.3 is 16.2 Å². The third-order valence-electron chi connectivity index (χ3n) is 2.12. The zero-order chi connectivity index (χ0) is 10.4. The van der Waals surface area contributed by atoms with Crippen molar-refractivity contribution >= 4 is 11.4 Å². The maximum absolute atomic E-state index is 8.67. The van der Waals surface area contributed by atoms with E-state index in [0.29, 0.717) is 6.04 Å². The summed E-state index contributed by atoms with van der Waals surface area (Å²) in [6.07, 6.45) is 1.81. The summed E-state index contributed by atoms with van der Waals surface area (Å²) in [4.78, 5) is 0. The second-order valence-corrected chi connectivity index (χ2v) is 3.53. The molecule has 0 radical (unpaired) electrons. The van der Waals surface area contributed by atoms with Gasteiger partial charge in [-0.25, -0.2) is 0 Å². The number of nitrogen functional groups attached to an aromatic ring is 1. The standard InChI is InChI=1S/C11H18N2O/c1-9(3-2-8-14)13-11-6-4-10(12)5-7-11/h4-7,9,13-14H,2-3,8,12H2,1H3. The number of aliphatic hydroxyl groups excluding tert-OH is 1. The SMILES string of the molecule is CC(CCCO)Nc1ccc(N)cc1. The first-order valence-corrected chi connectivity index (χ1v) is 4.95. The Morgan fingerprint density at radius 1 is 1.36 bits per heavy atom. The van der Waals surface area contributed by atoms with Crippen LogP contribution in [-0.4, -0.2) is 17.8 Å². The van der Waals surface area contributed by atoms with Gasteiger partial charge in [0.25, 0.3) is 0 Å². The number of hydrogen-bond donors (Lipinski definition) is 3. The zero-order valence-electron chi connectivity index (χ0n) is 8.53. The van der Waals surface area contributed by atoms with Gasteiger partial charge in [0.15, 0.2) is 0 Å². The summed E-state index contributed by atoms with van der Waals surface area (Å²) in [5.41, 5.74) is 7.43. The van der Waals surface area contributed by atoms with Gasteiger partial charge in [-0.05, 0) is 44.0 Å². The lowest BCUT2D eigenvalue weighted by atomic mass is 10.2. The van der Waals surface area contributed by atoms with Gasteiger partial charge in [-0.3, -0.25) is 0 Å². The third kappa shape index (κ3) is 3.66. The fourth-order valence-electron chi connectivity index (χ4n) is 1.33. The molecule has 0 fully saturated rings. The Morgan fingerprint density at radius 2 is 2.00 bits per heavy atom. The van der Waals surface area contributed by atoms with E-state index in [1.165, 1.54) is 0 Å². The van der Waals surface area contributed by atoms with Crippen LogP contribution in [0.3, 0.4) is 0 Å². The van der Waals surface area contributed by atoms with Crippen molar-refractivity contribution in [3.8, 4) is 0 Å². The molecule has 0 amide bonds. The first kappa shape index (κ1) is 10.9. The minimum atomic E-state index is 0.258. The smallest absolute Gasteiger partial charge is 0.0431 e. The molecule has 14 heavy (non-hydrogen) atoms. The van der Waals surface area contributed by atoms with Crippen LogP contribution < -0.4 is 11.1 Å². The Morgan fingerprint density at radius 3 is 2.57 bits per heavy atom. The molecular formula is C11H18N2O. The molecule has 3 heteroatoms. The number of anilines is 2. The molecule has 1 atom stereocenters. The molecule has 1 rings (SSSR count). The fraction of sp³-hybridized carbons (Fsp3) is 0.455. The Labute approximate surface area is 84.9 Å². The van der Waals surface area contributed by atoms with Crippen molar-refractivity contribution in [3.63, 3.8) is 0 Å². The summed E-state index contributed by atoms with van der Waals surface area (Å²) in [7, 11) is 0. The molecule has 0 aliphatic rings. The number of nitrogens with one attached hydrogen (secondary N) is 1. The average Bonchev–Trinajstić information content (AvgIpc) is 2.18. The van der Waals surface area contributed by atoms with Gasteiger partial charge in [0.2, 0.25) is 0 Å². The zero-order valence-corrected chi connectivity index (χ0v) is 8.53. The van der Waals surface area contributed by atoms with Crippen LogP contribution in [0.15, 0.2) is 24.3 Å². The molecule has 0 bridgehead atoms. The van der Waals surface area contributed by atoms with Crippen LogP contribution in [0.5, 0.6) is 0 Å². The van der Waals surface area contributed by atoms with E-state index in [2.05, 4.69) is 12.2 Å². The van der Waals surface area contributed by atoms with Crippen molar-refractivity contribution in [2.45, 2.75) is 25.8 Å². The van der Waals surface area contributed by atoms with E-state index in [-0.39, 0.29) is 6.61 Å². The summed E-state index contributed by atoms with van der Waals surface area (Å²) in [6, 6.07) is 8.06. The van der Waals surface area contributed by atoms with E-state index in [4.69, 9.17) is 10.8 Å². The van der Waals surface area contributed by atoms with Crippen LogP contribution in [0.4, 0.5) is 11.4 Å². The Kier molecular flexibility index (Phi) is 4.26. The molecule has 0 aromatic heterocycles. The van der Waals surface area contributed by atoms with Gasteiger partial charge in [-0.2, -0.15) is 0 Å². The van der Waals surface area contributed by atoms with Gasteiger partial charge in [-0.15, -0.1) is 0 Å². The van der Waals surface area contributed by atoms with Gasteiger partial charge in [-0.1, -0.05) is 0 Å². The third-order valence-corrected chi connectivity index (χ3v) is 2.12. The van der Waals surface area contributed by atoms with Crippen LogP contribution >= 0.6 is 0 Å². The van der Waals surface area contributed by atoms with E-state index in [9.17, 15) is 0 Å². The normalized spacial score (nSPS) is 12.4. The number of benzene rings is 1. The highest BCUT2D eigenvalue weighted by Crippen LogP contribution is 2.12. The molecule has 78 valence electrons. The molecule has 0 aliphatic heterocycles. The maximum atomic E-state index is 8.67. The van der Waals surface area contributed by atoms with Crippen molar-refractivity contribution in [3.05, 3.63) is 24.3 Å². The van der Waals surface area contributed by atoms with E-state index < -0.39 is 0 Å². The van der Waals surface area contributed by atoms with Gasteiger partial charge >= 0.3 is 0 Å². The Balaban J connectivity index is 2.39. The number of hydrogen-bond acceptors (Lipinski definition) is 3. The topological polar surface area (TPSA) is 58.3 Å². The quantitative estimate of drug-likeness (QED) is 0.627. The largest absolute Gasteiger partial charge is 0.399 e. The summed E-state index contributed by atoms with van der Waals surface area (Å²) in [6.45, 7) is 2.36. The maximum Gasteiger partial charge on any atom is 0.0431 e. The van der Waals surface area contributed by atoms with Crippen LogP contribution in [0.1, 0.15) is 19.8 Å². The van der Waals surface area contributed by atoms with Crippen molar-refractivity contribution in [1.29, 1.82) is 0 Å². The highest BCUT2D eigenvalue weighted by atomic mass is 16.2. The summed E-state index contributed by atoms with van der Waals surface area (Å²) in [5, 5.41) is 12.0. The van der Waals surface area contributed by atoms with Crippen LogP contribution in [0, 0.1) is 0 Å².